The van der Waals surface area contributed by atoms with Crippen molar-refractivity contribution in [1.82, 2.24) is 10.4 Å². The maximum atomic E-state index is 6.01. The molecule has 1 aliphatic heterocycles. The first kappa shape index (κ1) is 12.9. The molecule has 104 valence electrons. The van der Waals surface area contributed by atoms with E-state index in [9.17, 15) is 0 Å². The van der Waals surface area contributed by atoms with Gasteiger partial charge in [-0.3, -0.25) is 5.84 Å². The number of nitrogens with two attached hydrogens (primary N) is 2. The number of para-hydroxylation sites is 1. The Bertz CT molecular complexity index is 584. The van der Waals surface area contributed by atoms with Gasteiger partial charge >= 0.3 is 0 Å². The zero-order valence-electron chi connectivity index (χ0n) is 11.3. The minimum atomic E-state index is -0.184. The van der Waals surface area contributed by atoms with Crippen LogP contribution in [0.1, 0.15) is 22.7 Å². The molecule has 0 spiro atoms. The summed E-state index contributed by atoms with van der Waals surface area (Å²) in [5.74, 6) is 7.15. The van der Waals surface area contributed by atoms with Crippen LogP contribution in [0.3, 0.4) is 0 Å². The smallest absolute Gasteiger partial charge is 0.128 e. The number of nitrogen functional groups attached to an aromatic ring is 1. The van der Waals surface area contributed by atoms with Crippen LogP contribution in [0.2, 0.25) is 0 Å². The molecule has 0 radical (unpaired) electrons. The largest absolute Gasteiger partial charge is 0.488 e. The minimum absolute atomic E-state index is 0.0809. The van der Waals surface area contributed by atoms with Gasteiger partial charge in [0.15, 0.2) is 0 Å². The quantitative estimate of drug-likeness (QED) is 0.581. The Morgan fingerprint density at radius 3 is 2.85 bits per heavy atom. The maximum Gasteiger partial charge on any atom is 0.128 e. The molecule has 0 saturated heterocycles. The van der Waals surface area contributed by atoms with Crippen molar-refractivity contribution in [3.8, 4) is 5.75 Å². The topological polar surface area (TPSA) is 86.2 Å². The molecular weight excluding hydrogens is 252 g/mol. The molecule has 20 heavy (non-hydrogen) atoms. The summed E-state index contributed by atoms with van der Waals surface area (Å²) in [7, 11) is 0. The Morgan fingerprint density at radius 1 is 1.35 bits per heavy atom. The van der Waals surface area contributed by atoms with Crippen molar-refractivity contribution in [3.63, 3.8) is 0 Å². The van der Waals surface area contributed by atoms with Crippen molar-refractivity contribution < 1.29 is 4.74 Å². The fourth-order valence-electron chi connectivity index (χ4n) is 2.77. The summed E-state index contributed by atoms with van der Waals surface area (Å²) < 4.78 is 6.00. The molecule has 0 bridgehead atoms. The number of aromatic nitrogens is 1. The lowest BCUT2D eigenvalue weighted by Gasteiger charge is -2.25. The van der Waals surface area contributed by atoms with Crippen LogP contribution in [0.4, 0.5) is 5.82 Å². The Kier molecular flexibility index (Phi) is 3.30. The molecule has 5 heteroatoms. The van der Waals surface area contributed by atoms with Gasteiger partial charge in [0.05, 0.1) is 6.04 Å². The first-order chi connectivity index (χ1) is 9.70. The third kappa shape index (κ3) is 2.11. The van der Waals surface area contributed by atoms with Crippen LogP contribution >= 0.6 is 0 Å². The molecule has 2 atom stereocenters. The summed E-state index contributed by atoms with van der Waals surface area (Å²) in [6.45, 7) is 2.00. The van der Waals surface area contributed by atoms with Crippen molar-refractivity contribution in [1.29, 1.82) is 0 Å². The third-order valence-electron chi connectivity index (χ3n) is 3.77. The molecule has 0 amide bonds. The summed E-state index contributed by atoms with van der Waals surface area (Å²) in [5.41, 5.74) is 12.0. The highest BCUT2D eigenvalue weighted by atomic mass is 16.5. The van der Waals surface area contributed by atoms with Gasteiger partial charge in [0.25, 0.3) is 0 Å². The first-order valence-electron chi connectivity index (χ1n) is 6.62. The van der Waals surface area contributed by atoms with Crippen LogP contribution in [0.5, 0.6) is 5.75 Å². The zero-order valence-corrected chi connectivity index (χ0v) is 11.3. The Hall–Kier alpha value is -2.11. The number of anilines is 1. The number of hydrazine groups is 1. The van der Waals surface area contributed by atoms with E-state index in [4.69, 9.17) is 16.3 Å². The first-order valence-corrected chi connectivity index (χ1v) is 6.62. The van der Waals surface area contributed by atoms with Gasteiger partial charge in [0.1, 0.15) is 17.7 Å². The summed E-state index contributed by atoms with van der Waals surface area (Å²) in [6, 6.07) is 9.77. The standard InChI is InChI=1S/C15H18N4O/c1-9-6-7-18-15(16)13(9)14(19-17)12-8-10-4-2-3-5-11(10)20-12/h2-7,12,14,19H,8,17H2,1H3,(H2,16,18). The summed E-state index contributed by atoms with van der Waals surface area (Å²) in [5, 5.41) is 0. The lowest BCUT2D eigenvalue weighted by atomic mass is 9.95. The molecule has 5 nitrogen and oxygen atoms in total. The highest BCUT2D eigenvalue weighted by molar-refractivity contribution is 5.48. The number of nitrogens with zero attached hydrogens (tertiary/aromatic N) is 1. The van der Waals surface area contributed by atoms with Gasteiger partial charge in [0, 0.05) is 18.2 Å². The predicted octanol–water partition coefficient (Wildman–Crippen LogP) is 1.48. The number of nitrogens with one attached hydrogen (secondary N) is 1. The van der Waals surface area contributed by atoms with Gasteiger partial charge in [-0.15, -0.1) is 0 Å². The molecule has 5 N–H and O–H groups in total. The van der Waals surface area contributed by atoms with E-state index in [2.05, 4.69) is 16.5 Å². The van der Waals surface area contributed by atoms with Gasteiger partial charge in [-0.25, -0.2) is 10.4 Å². The van der Waals surface area contributed by atoms with E-state index < -0.39 is 0 Å². The van der Waals surface area contributed by atoms with Gasteiger partial charge in [-0.2, -0.15) is 0 Å². The van der Waals surface area contributed by atoms with Crippen molar-refractivity contribution in [2.24, 2.45) is 5.84 Å². The Morgan fingerprint density at radius 2 is 2.15 bits per heavy atom. The van der Waals surface area contributed by atoms with Crippen molar-refractivity contribution in [2.75, 3.05) is 5.73 Å². The van der Waals surface area contributed by atoms with Gasteiger partial charge in [0.2, 0.25) is 0 Å². The van der Waals surface area contributed by atoms with Crippen molar-refractivity contribution >= 4 is 5.82 Å². The zero-order chi connectivity index (χ0) is 14.1. The van der Waals surface area contributed by atoms with E-state index in [1.54, 1.807) is 6.20 Å². The van der Waals surface area contributed by atoms with Crippen LogP contribution < -0.4 is 21.7 Å². The molecular formula is C15H18N4O. The van der Waals surface area contributed by atoms with Crippen LogP contribution in [0, 0.1) is 6.92 Å². The lowest BCUT2D eigenvalue weighted by molar-refractivity contribution is 0.179. The summed E-state index contributed by atoms with van der Waals surface area (Å²) in [6.07, 6.45) is 2.42. The second-order valence-electron chi connectivity index (χ2n) is 5.04. The highest BCUT2D eigenvalue weighted by Crippen LogP contribution is 2.35. The second-order valence-corrected chi connectivity index (χ2v) is 5.04. The normalized spacial score (nSPS) is 18.4. The van der Waals surface area contributed by atoms with Crippen LogP contribution in [-0.2, 0) is 6.42 Å². The maximum absolute atomic E-state index is 6.01. The van der Waals surface area contributed by atoms with E-state index in [0.717, 1.165) is 23.3 Å². The number of hydrogen-bond donors (Lipinski definition) is 3. The second kappa shape index (κ2) is 5.11. The average molecular weight is 270 g/mol. The van der Waals surface area contributed by atoms with E-state index in [-0.39, 0.29) is 12.1 Å². The van der Waals surface area contributed by atoms with E-state index >= 15 is 0 Å². The number of fused-ring (bicyclic) bond motifs is 1. The number of aryl methyl sites for hydroxylation is 1. The monoisotopic (exact) mass is 270 g/mol. The molecule has 2 unspecified atom stereocenters. The molecule has 0 fully saturated rings. The van der Waals surface area contributed by atoms with Gasteiger partial charge in [-0.05, 0) is 30.2 Å². The fraction of sp³-hybridized carbons (Fsp3) is 0.267. The van der Waals surface area contributed by atoms with Crippen LogP contribution in [-0.4, -0.2) is 11.1 Å². The van der Waals surface area contributed by atoms with Gasteiger partial charge in [-0.1, -0.05) is 18.2 Å². The summed E-state index contributed by atoms with van der Waals surface area (Å²) >= 11 is 0. The van der Waals surface area contributed by atoms with Crippen molar-refractivity contribution in [3.05, 3.63) is 53.2 Å². The average Bonchev–Trinajstić information content (AvgIpc) is 2.86. The Balaban J connectivity index is 1.93. The molecule has 1 aromatic heterocycles. The minimum Gasteiger partial charge on any atom is -0.488 e. The van der Waals surface area contributed by atoms with Crippen molar-refractivity contribution in [2.45, 2.75) is 25.5 Å². The molecule has 1 aromatic carbocycles. The molecule has 0 aliphatic carbocycles. The van der Waals surface area contributed by atoms with Crippen LogP contribution in [0.15, 0.2) is 36.5 Å². The fourth-order valence-corrected chi connectivity index (χ4v) is 2.77. The number of rotatable bonds is 3. The summed E-state index contributed by atoms with van der Waals surface area (Å²) in [4.78, 5) is 4.16. The molecule has 3 rings (SSSR count). The molecule has 2 heterocycles. The lowest BCUT2D eigenvalue weighted by Crippen LogP contribution is -2.39. The van der Waals surface area contributed by atoms with Crippen LogP contribution in [0.25, 0.3) is 0 Å². The Labute approximate surface area is 117 Å². The number of ether oxygens (including phenoxy) is 1. The SMILES string of the molecule is Cc1ccnc(N)c1C(NN)C1Cc2ccccc2O1. The van der Waals surface area contributed by atoms with E-state index in [1.807, 2.05) is 31.2 Å². The third-order valence-corrected chi connectivity index (χ3v) is 3.77. The number of hydrogen-bond acceptors (Lipinski definition) is 5. The molecule has 0 saturated carbocycles. The van der Waals surface area contributed by atoms with E-state index in [0.29, 0.717) is 5.82 Å². The van der Waals surface area contributed by atoms with Gasteiger partial charge < -0.3 is 10.5 Å². The molecule has 2 aromatic rings. The number of benzene rings is 1. The molecule has 1 aliphatic rings. The predicted molar refractivity (Wildman–Crippen MR) is 78.0 cm³/mol. The highest BCUT2D eigenvalue weighted by Gasteiger charge is 2.32. The van der Waals surface area contributed by atoms with E-state index in [1.165, 1.54) is 5.56 Å². The number of pyridine rings is 1.